The lowest BCUT2D eigenvalue weighted by atomic mass is 10.5. The van der Waals surface area contributed by atoms with Crippen LogP contribution in [0.5, 0.6) is 0 Å². The maximum atomic E-state index is 4.17. The summed E-state index contributed by atoms with van der Waals surface area (Å²) in [7, 11) is 0. The molecule has 0 amide bonds. The van der Waals surface area contributed by atoms with Crippen LogP contribution < -0.4 is 0 Å². The van der Waals surface area contributed by atoms with Crippen molar-refractivity contribution in [1.29, 1.82) is 0 Å². The number of aromatic nitrogens is 6. The van der Waals surface area contributed by atoms with Gasteiger partial charge in [-0.15, -0.1) is 0 Å². The molecule has 6 nitrogen and oxygen atoms in total. The first-order valence-electron chi connectivity index (χ1n) is 3.67. The summed E-state index contributed by atoms with van der Waals surface area (Å²) < 4.78 is 0. The van der Waals surface area contributed by atoms with E-state index in [1.807, 2.05) is 6.92 Å². The van der Waals surface area contributed by atoms with Gasteiger partial charge in [-0.05, 0) is 0 Å². The molecular formula is C6H8N6. The van der Waals surface area contributed by atoms with Crippen LogP contribution in [-0.4, -0.2) is 30.4 Å². The zero-order valence-electron chi connectivity index (χ0n) is 6.57. The first-order valence-corrected chi connectivity index (χ1v) is 3.67. The number of nitrogens with one attached hydrogen (secondary N) is 2. The summed E-state index contributed by atoms with van der Waals surface area (Å²) in [6, 6.07) is 0. The lowest BCUT2D eigenvalue weighted by molar-refractivity contribution is 0.946. The molecule has 2 N–H and O–H groups in total. The Kier molecular flexibility index (Phi) is 1.58. The minimum absolute atomic E-state index is 0.560. The SMILES string of the molecule is CCc1nc(-c2ncn[nH]2)n[nH]1. The van der Waals surface area contributed by atoms with E-state index in [-0.39, 0.29) is 0 Å². The van der Waals surface area contributed by atoms with Crippen molar-refractivity contribution in [1.82, 2.24) is 30.4 Å². The fraction of sp³-hybridized carbons (Fsp3) is 0.333. The number of hydrogen-bond acceptors (Lipinski definition) is 4. The summed E-state index contributed by atoms with van der Waals surface area (Å²) in [5, 5.41) is 13.1. The van der Waals surface area contributed by atoms with E-state index in [0.29, 0.717) is 11.6 Å². The molecule has 0 radical (unpaired) electrons. The molecule has 0 aromatic carbocycles. The van der Waals surface area contributed by atoms with E-state index in [0.717, 1.165) is 12.2 Å². The van der Waals surface area contributed by atoms with Crippen molar-refractivity contribution in [2.75, 3.05) is 0 Å². The van der Waals surface area contributed by atoms with Crippen LogP contribution in [0.15, 0.2) is 6.33 Å². The second-order valence-electron chi connectivity index (χ2n) is 2.29. The van der Waals surface area contributed by atoms with Crippen molar-refractivity contribution < 1.29 is 0 Å². The van der Waals surface area contributed by atoms with E-state index < -0.39 is 0 Å². The lowest BCUT2D eigenvalue weighted by Crippen LogP contribution is -1.84. The molecule has 0 spiro atoms. The molecule has 62 valence electrons. The molecule has 0 aliphatic rings. The highest BCUT2D eigenvalue weighted by Crippen LogP contribution is 2.05. The molecule has 0 fully saturated rings. The predicted octanol–water partition coefficient (Wildman–Crippen LogP) is 0.152. The smallest absolute Gasteiger partial charge is 0.218 e. The van der Waals surface area contributed by atoms with E-state index >= 15 is 0 Å². The van der Waals surface area contributed by atoms with Crippen molar-refractivity contribution in [2.45, 2.75) is 13.3 Å². The van der Waals surface area contributed by atoms with Gasteiger partial charge in [0.25, 0.3) is 0 Å². The van der Waals surface area contributed by atoms with Gasteiger partial charge in [0, 0.05) is 6.42 Å². The van der Waals surface area contributed by atoms with E-state index in [1.165, 1.54) is 6.33 Å². The second kappa shape index (κ2) is 2.72. The highest BCUT2D eigenvalue weighted by Gasteiger charge is 2.05. The average Bonchev–Trinajstić information content (AvgIpc) is 2.75. The van der Waals surface area contributed by atoms with Crippen molar-refractivity contribution in [2.24, 2.45) is 0 Å². The Bertz CT molecular complexity index is 348. The number of hydrogen-bond donors (Lipinski definition) is 2. The van der Waals surface area contributed by atoms with E-state index in [2.05, 4.69) is 30.4 Å². The fourth-order valence-electron chi connectivity index (χ4n) is 0.873. The van der Waals surface area contributed by atoms with Crippen molar-refractivity contribution in [3.05, 3.63) is 12.2 Å². The summed E-state index contributed by atoms with van der Waals surface area (Å²) in [6.45, 7) is 2.00. The Morgan fingerprint density at radius 1 is 1.42 bits per heavy atom. The number of nitrogens with zero attached hydrogens (tertiary/aromatic N) is 4. The van der Waals surface area contributed by atoms with Gasteiger partial charge in [-0.3, -0.25) is 10.2 Å². The number of H-pyrrole nitrogens is 2. The lowest BCUT2D eigenvalue weighted by Gasteiger charge is -1.82. The monoisotopic (exact) mass is 164 g/mol. The van der Waals surface area contributed by atoms with Crippen LogP contribution in [0.4, 0.5) is 0 Å². The van der Waals surface area contributed by atoms with Crippen LogP contribution in [0.3, 0.4) is 0 Å². The average molecular weight is 164 g/mol. The van der Waals surface area contributed by atoms with E-state index in [9.17, 15) is 0 Å². The van der Waals surface area contributed by atoms with Gasteiger partial charge in [0.15, 0.2) is 5.82 Å². The molecule has 0 unspecified atom stereocenters. The molecule has 0 saturated carbocycles. The molecule has 0 bridgehead atoms. The van der Waals surface area contributed by atoms with Crippen LogP contribution in [0.25, 0.3) is 11.6 Å². The van der Waals surface area contributed by atoms with Gasteiger partial charge in [0.05, 0.1) is 0 Å². The van der Waals surface area contributed by atoms with Gasteiger partial charge in [-0.1, -0.05) is 6.92 Å². The Morgan fingerprint density at radius 2 is 2.33 bits per heavy atom. The molecule has 12 heavy (non-hydrogen) atoms. The van der Waals surface area contributed by atoms with Crippen molar-refractivity contribution in [3.63, 3.8) is 0 Å². The van der Waals surface area contributed by atoms with Gasteiger partial charge >= 0.3 is 0 Å². The summed E-state index contributed by atoms with van der Waals surface area (Å²) in [4.78, 5) is 8.09. The van der Waals surface area contributed by atoms with Crippen molar-refractivity contribution >= 4 is 0 Å². The van der Waals surface area contributed by atoms with Crippen molar-refractivity contribution in [3.8, 4) is 11.6 Å². The molecule has 2 rings (SSSR count). The molecule has 2 aromatic rings. The molecular weight excluding hydrogens is 156 g/mol. The van der Waals surface area contributed by atoms with Crippen LogP contribution in [0.2, 0.25) is 0 Å². The maximum absolute atomic E-state index is 4.17. The number of rotatable bonds is 2. The second-order valence-corrected chi connectivity index (χ2v) is 2.29. The highest BCUT2D eigenvalue weighted by molar-refractivity contribution is 5.40. The first-order chi connectivity index (χ1) is 5.90. The topological polar surface area (TPSA) is 83.1 Å². The number of aromatic amines is 2. The Morgan fingerprint density at radius 3 is 2.92 bits per heavy atom. The van der Waals surface area contributed by atoms with Crippen LogP contribution in [0.1, 0.15) is 12.7 Å². The number of aryl methyl sites for hydroxylation is 1. The summed E-state index contributed by atoms with van der Waals surface area (Å²) in [6.07, 6.45) is 2.26. The zero-order chi connectivity index (χ0) is 8.39. The Balaban J connectivity index is 2.35. The Labute approximate surface area is 68.5 Å². The summed E-state index contributed by atoms with van der Waals surface area (Å²) in [5.41, 5.74) is 0. The van der Waals surface area contributed by atoms with Gasteiger partial charge < -0.3 is 0 Å². The predicted molar refractivity (Wildman–Crippen MR) is 41.1 cm³/mol. The van der Waals surface area contributed by atoms with Gasteiger partial charge in [-0.25, -0.2) is 9.97 Å². The fourth-order valence-corrected chi connectivity index (χ4v) is 0.873. The van der Waals surface area contributed by atoms with Gasteiger partial charge in [0.1, 0.15) is 12.2 Å². The molecule has 0 saturated heterocycles. The third-order valence-corrected chi connectivity index (χ3v) is 1.49. The molecule has 0 atom stereocenters. The normalized spacial score (nSPS) is 10.4. The molecule has 2 heterocycles. The maximum Gasteiger partial charge on any atom is 0.218 e. The highest BCUT2D eigenvalue weighted by atomic mass is 15.3. The summed E-state index contributed by atoms with van der Waals surface area (Å²) in [5.74, 6) is 2.00. The van der Waals surface area contributed by atoms with Gasteiger partial charge in [0.2, 0.25) is 5.82 Å². The third-order valence-electron chi connectivity index (χ3n) is 1.49. The molecule has 2 aromatic heterocycles. The largest absolute Gasteiger partial charge is 0.263 e. The Hall–Kier alpha value is -1.72. The quantitative estimate of drug-likeness (QED) is 0.661. The molecule has 6 heteroatoms. The van der Waals surface area contributed by atoms with Crippen LogP contribution >= 0.6 is 0 Å². The first kappa shape index (κ1) is 6.96. The molecule has 0 aliphatic carbocycles. The standard InChI is InChI=1S/C6H8N6/c1-2-4-9-6(12-10-4)5-7-3-8-11-5/h3H,2H2,1H3,(H,7,8,11)(H,9,10,12). The zero-order valence-corrected chi connectivity index (χ0v) is 6.57. The minimum atomic E-state index is 0.560. The summed E-state index contributed by atoms with van der Waals surface area (Å²) >= 11 is 0. The van der Waals surface area contributed by atoms with Crippen LogP contribution in [0, 0.1) is 0 Å². The van der Waals surface area contributed by atoms with Gasteiger partial charge in [-0.2, -0.15) is 10.2 Å². The third kappa shape index (κ3) is 1.07. The minimum Gasteiger partial charge on any atom is -0.263 e. The van der Waals surface area contributed by atoms with E-state index in [1.54, 1.807) is 0 Å². The molecule has 0 aliphatic heterocycles. The van der Waals surface area contributed by atoms with Crippen LogP contribution in [-0.2, 0) is 6.42 Å². The van der Waals surface area contributed by atoms with E-state index in [4.69, 9.17) is 0 Å².